The van der Waals surface area contributed by atoms with E-state index in [1.54, 1.807) is 13.0 Å². The number of aromatic nitrogens is 6. The zero-order valence-corrected chi connectivity index (χ0v) is 18.2. The van der Waals surface area contributed by atoms with Crippen molar-refractivity contribution in [2.45, 2.75) is 6.92 Å². The number of carbonyl (C=O) groups is 1. The Bertz CT molecular complexity index is 1590. The van der Waals surface area contributed by atoms with Crippen molar-refractivity contribution in [3.8, 4) is 17.4 Å². The first-order valence-corrected chi connectivity index (χ1v) is 10.4. The van der Waals surface area contributed by atoms with E-state index < -0.39 is 23.1 Å². The van der Waals surface area contributed by atoms with Gasteiger partial charge in [-0.15, -0.1) is 0 Å². The lowest BCUT2D eigenvalue weighted by Gasteiger charge is -2.10. The summed E-state index contributed by atoms with van der Waals surface area (Å²) in [6.07, 6.45) is 1.36. The molecule has 5 rings (SSSR count). The molecule has 176 valence electrons. The molecule has 0 saturated carbocycles. The third-order valence-electron chi connectivity index (χ3n) is 4.98. The van der Waals surface area contributed by atoms with Gasteiger partial charge in [0, 0.05) is 6.07 Å². The lowest BCUT2D eigenvalue weighted by atomic mass is 10.3. The van der Waals surface area contributed by atoms with Crippen molar-refractivity contribution in [3.05, 3.63) is 88.5 Å². The van der Waals surface area contributed by atoms with Gasteiger partial charge in [-0.2, -0.15) is 19.9 Å². The zero-order chi connectivity index (χ0) is 24.5. The van der Waals surface area contributed by atoms with Crippen LogP contribution in [0, 0.1) is 18.6 Å². The van der Waals surface area contributed by atoms with Gasteiger partial charge < -0.3 is 10.1 Å². The number of nitrogens with one attached hydrogen (secondary N) is 2. The van der Waals surface area contributed by atoms with E-state index in [1.165, 1.54) is 64.1 Å². The third-order valence-corrected chi connectivity index (χ3v) is 4.98. The van der Waals surface area contributed by atoms with Gasteiger partial charge in [0.1, 0.15) is 28.6 Å². The molecule has 0 aliphatic rings. The van der Waals surface area contributed by atoms with Crippen molar-refractivity contribution in [2.75, 3.05) is 11.9 Å². The van der Waals surface area contributed by atoms with E-state index in [4.69, 9.17) is 4.74 Å². The molecule has 12 heteroatoms. The van der Waals surface area contributed by atoms with E-state index in [-0.39, 0.29) is 29.4 Å². The number of rotatable bonds is 6. The maximum absolute atomic E-state index is 13.3. The third kappa shape index (κ3) is 4.49. The number of hydrogen-bond acceptors (Lipinski definition) is 6. The van der Waals surface area contributed by atoms with Crippen molar-refractivity contribution in [1.29, 1.82) is 0 Å². The fourth-order valence-corrected chi connectivity index (χ4v) is 3.39. The van der Waals surface area contributed by atoms with Gasteiger partial charge in [-0.3, -0.25) is 14.6 Å². The van der Waals surface area contributed by atoms with Crippen LogP contribution in [-0.2, 0) is 4.79 Å². The molecule has 0 unspecified atom stereocenters. The number of hydrogen-bond donors (Lipinski definition) is 2. The second-order valence-electron chi connectivity index (χ2n) is 7.53. The maximum atomic E-state index is 13.3. The van der Waals surface area contributed by atoms with Crippen LogP contribution in [0.4, 0.5) is 14.6 Å². The number of halogens is 2. The van der Waals surface area contributed by atoms with E-state index >= 15 is 0 Å². The van der Waals surface area contributed by atoms with E-state index in [1.807, 2.05) is 0 Å². The molecular weight excluding hydrogens is 460 g/mol. The number of carbonyl (C=O) groups excluding carboxylic acids is 1. The van der Waals surface area contributed by atoms with Crippen molar-refractivity contribution < 1.29 is 18.3 Å². The average Bonchev–Trinajstić information content (AvgIpc) is 3.43. The van der Waals surface area contributed by atoms with Crippen LogP contribution in [0.25, 0.3) is 22.7 Å². The molecular formula is C23H17F2N7O3. The first kappa shape index (κ1) is 21.9. The summed E-state index contributed by atoms with van der Waals surface area (Å²) in [5.41, 5.74) is 0.812. The van der Waals surface area contributed by atoms with Crippen LogP contribution in [0.3, 0.4) is 0 Å². The summed E-state index contributed by atoms with van der Waals surface area (Å²) in [6, 6.07) is 12.4. The Hall–Kier alpha value is -4.87. The number of fused-ring (bicyclic) bond motifs is 1. The quantitative estimate of drug-likeness (QED) is 0.388. The van der Waals surface area contributed by atoms with E-state index in [9.17, 15) is 18.4 Å². The fraction of sp³-hybridized carbons (Fsp3) is 0.0870. The molecule has 0 spiro atoms. The molecule has 2 N–H and O–H groups in total. The predicted molar refractivity (Wildman–Crippen MR) is 122 cm³/mol. The highest BCUT2D eigenvalue weighted by molar-refractivity contribution is 5.91. The Morgan fingerprint density at radius 1 is 1.06 bits per heavy atom. The number of aromatic amines is 1. The van der Waals surface area contributed by atoms with Crippen molar-refractivity contribution in [1.82, 2.24) is 29.5 Å². The maximum Gasteiger partial charge on any atom is 0.263 e. The van der Waals surface area contributed by atoms with Gasteiger partial charge in [0.25, 0.3) is 11.5 Å². The lowest BCUT2D eigenvalue weighted by molar-refractivity contribution is -0.118. The van der Waals surface area contributed by atoms with Crippen molar-refractivity contribution in [3.63, 3.8) is 0 Å². The molecule has 0 aliphatic carbocycles. The molecule has 10 nitrogen and oxygen atoms in total. The summed E-state index contributed by atoms with van der Waals surface area (Å²) in [6.45, 7) is 1.37. The van der Waals surface area contributed by atoms with Crippen LogP contribution in [0.2, 0.25) is 0 Å². The molecule has 0 atom stereocenters. The van der Waals surface area contributed by atoms with Crippen LogP contribution < -0.4 is 15.6 Å². The molecule has 1 amide bonds. The number of H-pyrrole nitrogens is 1. The first-order chi connectivity index (χ1) is 16.9. The average molecular weight is 477 g/mol. The molecule has 3 aromatic heterocycles. The Labute approximate surface area is 195 Å². The Balaban J connectivity index is 1.44. The molecule has 5 aromatic rings. The molecule has 0 radical (unpaired) electrons. The monoisotopic (exact) mass is 477 g/mol. The predicted octanol–water partition coefficient (Wildman–Crippen LogP) is 2.90. The van der Waals surface area contributed by atoms with Crippen LogP contribution in [0.15, 0.2) is 65.6 Å². The van der Waals surface area contributed by atoms with E-state index in [0.29, 0.717) is 17.1 Å². The highest BCUT2D eigenvalue weighted by Gasteiger charge is 2.17. The van der Waals surface area contributed by atoms with Gasteiger partial charge in [0.15, 0.2) is 12.3 Å². The number of anilines is 1. The topological polar surface area (TPSA) is 120 Å². The number of aryl methyl sites for hydroxylation is 1. The summed E-state index contributed by atoms with van der Waals surface area (Å²) in [5, 5.41) is 11.4. The van der Waals surface area contributed by atoms with Crippen LogP contribution in [0.5, 0.6) is 5.75 Å². The zero-order valence-electron chi connectivity index (χ0n) is 18.2. The lowest BCUT2D eigenvalue weighted by Crippen LogP contribution is -2.23. The molecule has 2 aromatic carbocycles. The van der Waals surface area contributed by atoms with Gasteiger partial charge in [-0.05, 0) is 55.5 Å². The number of benzene rings is 2. The Morgan fingerprint density at radius 3 is 2.46 bits per heavy atom. The second-order valence-corrected chi connectivity index (χ2v) is 7.53. The number of nitrogens with zero attached hydrogens (tertiary/aromatic N) is 5. The smallest absolute Gasteiger partial charge is 0.263 e. The molecule has 0 aliphatic heterocycles. The van der Waals surface area contributed by atoms with E-state index in [0.717, 1.165) is 0 Å². The first-order valence-electron chi connectivity index (χ1n) is 10.4. The number of ether oxygens (including phenoxy) is 1. The molecule has 35 heavy (non-hydrogen) atoms. The standard InChI is InChI=1S/C23H17F2N7O3/c1-13-10-19(27-20(33)12-35-17-8-4-15(25)5-9-17)32(30-13)23-28-21-18(22(34)29-23)11-26-31(21)16-6-2-14(24)3-7-16/h2-11H,12H2,1H3,(H,27,33)(H,28,29,34). The van der Waals surface area contributed by atoms with Crippen LogP contribution >= 0.6 is 0 Å². The summed E-state index contributed by atoms with van der Waals surface area (Å²) in [4.78, 5) is 32.3. The van der Waals surface area contributed by atoms with Crippen LogP contribution in [-0.4, -0.2) is 42.0 Å². The second kappa shape index (κ2) is 8.82. The largest absolute Gasteiger partial charge is 0.484 e. The van der Waals surface area contributed by atoms with Gasteiger partial charge >= 0.3 is 0 Å². The van der Waals surface area contributed by atoms with Crippen molar-refractivity contribution in [2.24, 2.45) is 0 Å². The van der Waals surface area contributed by atoms with E-state index in [2.05, 4.69) is 25.5 Å². The fourth-order valence-electron chi connectivity index (χ4n) is 3.39. The minimum atomic E-state index is -0.504. The molecule has 0 bridgehead atoms. The van der Waals surface area contributed by atoms with Gasteiger partial charge in [0.2, 0.25) is 5.95 Å². The number of amides is 1. The minimum Gasteiger partial charge on any atom is -0.484 e. The van der Waals surface area contributed by atoms with Crippen molar-refractivity contribution >= 4 is 22.8 Å². The molecule has 3 heterocycles. The van der Waals surface area contributed by atoms with Gasteiger partial charge in [-0.1, -0.05) is 0 Å². The van der Waals surface area contributed by atoms with Crippen LogP contribution in [0.1, 0.15) is 5.69 Å². The highest BCUT2D eigenvalue weighted by atomic mass is 19.1. The van der Waals surface area contributed by atoms with Gasteiger partial charge in [-0.25, -0.2) is 13.5 Å². The molecule has 0 saturated heterocycles. The SMILES string of the molecule is Cc1cc(NC(=O)COc2ccc(F)cc2)n(-c2nc3c(cnn3-c3ccc(F)cc3)c(=O)[nH]2)n1. The summed E-state index contributed by atoms with van der Waals surface area (Å²) in [7, 11) is 0. The summed E-state index contributed by atoms with van der Waals surface area (Å²) < 4.78 is 34.4. The molecule has 0 fully saturated rings. The normalized spacial score (nSPS) is 11.1. The Kier molecular flexibility index (Phi) is 5.53. The Morgan fingerprint density at radius 2 is 1.74 bits per heavy atom. The summed E-state index contributed by atoms with van der Waals surface area (Å²) in [5.74, 6) is -0.723. The van der Waals surface area contributed by atoms with Gasteiger partial charge in [0.05, 0.1) is 17.6 Å². The minimum absolute atomic E-state index is 0.0363. The summed E-state index contributed by atoms with van der Waals surface area (Å²) >= 11 is 0. The highest BCUT2D eigenvalue weighted by Crippen LogP contribution is 2.18.